The van der Waals surface area contributed by atoms with E-state index in [-0.39, 0.29) is 0 Å². The molecule has 20 heavy (non-hydrogen) atoms. The van der Waals surface area contributed by atoms with E-state index in [1.807, 2.05) is 0 Å². The van der Waals surface area contributed by atoms with Crippen LogP contribution in [0.3, 0.4) is 0 Å². The number of ether oxygens (including phenoxy) is 2. The number of anilines is 2. The van der Waals surface area contributed by atoms with E-state index in [1.54, 1.807) is 13.4 Å². The molecule has 0 amide bonds. The molecule has 0 radical (unpaired) electrons. The molecular formula is C14H24N4O2. The van der Waals surface area contributed by atoms with E-state index in [4.69, 9.17) is 9.47 Å². The molecule has 2 heterocycles. The van der Waals surface area contributed by atoms with Crippen molar-refractivity contribution in [3.8, 4) is 5.75 Å². The summed E-state index contributed by atoms with van der Waals surface area (Å²) >= 11 is 0. The fourth-order valence-corrected chi connectivity index (χ4v) is 2.27. The Hall–Kier alpha value is -1.56. The van der Waals surface area contributed by atoms with Gasteiger partial charge in [-0.05, 0) is 25.2 Å². The Morgan fingerprint density at radius 2 is 2.15 bits per heavy atom. The van der Waals surface area contributed by atoms with Crippen molar-refractivity contribution in [2.75, 3.05) is 44.0 Å². The Morgan fingerprint density at radius 3 is 2.80 bits per heavy atom. The first kappa shape index (κ1) is 14.8. The highest BCUT2D eigenvalue weighted by atomic mass is 16.5. The number of hydrogen-bond acceptors (Lipinski definition) is 6. The SMILES string of the molecule is CCCNc1ncnc(NCC2CCCOC2)c1OC. The van der Waals surface area contributed by atoms with Crippen LogP contribution in [0.4, 0.5) is 11.6 Å². The zero-order valence-electron chi connectivity index (χ0n) is 12.3. The topological polar surface area (TPSA) is 68.3 Å². The minimum atomic E-state index is 0.537. The molecule has 0 spiro atoms. The molecular weight excluding hydrogens is 256 g/mol. The summed E-state index contributed by atoms with van der Waals surface area (Å²) in [5, 5.41) is 6.61. The van der Waals surface area contributed by atoms with Gasteiger partial charge in [0, 0.05) is 19.7 Å². The Bertz CT molecular complexity index is 408. The van der Waals surface area contributed by atoms with Gasteiger partial charge in [-0.1, -0.05) is 6.92 Å². The second-order valence-corrected chi connectivity index (χ2v) is 4.99. The summed E-state index contributed by atoms with van der Waals surface area (Å²) in [6.45, 7) is 5.53. The minimum Gasteiger partial charge on any atom is -0.490 e. The molecule has 1 atom stereocenters. The van der Waals surface area contributed by atoms with Crippen LogP contribution in [-0.4, -0.2) is 43.4 Å². The third-order valence-electron chi connectivity index (χ3n) is 3.36. The molecule has 1 aromatic rings. The van der Waals surface area contributed by atoms with Crippen molar-refractivity contribution in [3.63, 3.8) is 0 Å². The predicted octanol–water partition coefficient (Wildman–Crippen LogP) is 2.15. The number of nitrogens with one attached hydrogen (secondary N) is 2. The van der Waals surface area contributed by atoms with Gasteiger partial charge in [0.05, 0.1) is 13.7 Å². The number of rotatable bonds is 7. The van der Waals surface area contributed by atoms with E-state index < -0.39 is 0 Å². The molecule has 1 saturated heterocycles. The molecule has 1 aliphatic rings. The highest BCUT2D eigenvalue weighted by molar-refractivity contribution is 5.63. The van der Waals surface area contributed by atoms with E-state index in [9.17, 15) is 0 Å². The van der Waals surface area contributed by atoms with E-state index in [0.717, 1.165) is 50.8 Å². The van der Waals surface area contributed by atoms with Gasteiger partial charge in [-0.15, -0.1) is 0 Å². The molecule has 112 valence electrons. The lowest BCUT2D eigenvalue weighted by Crippen LogP contribution is -2.24. The van der Waals surface area contributed by atoms with Crippen molar-refractivity contribution in [2.45, 2.75) is 26.2 Å². The van der Waals surface area contributed by atoms with Crippen LogP contribution < -0.4 is 15.4 Å². The van der Waals surface area contributed by atoms with Crippen LogP contribution in [0.2, 0.25) is 0 Å². The molecule has 2 rings (SSSR count). The quantitative estimate of drug-likeness (QED) is 0.797. The maximum Gasteiger partial charge on any atom is 0.204 e. The van der Waals surface area contributed by atoms with E-state index in [0.29, 0.717) is 11.7 Å². The number of hydrogen-bond donors (Lipinski definition) is 2. The molecule has 6 nitrogen and oxygen atoms in total. The molecule has 0 saturated carbocycles. The zero-order chi connectivity index (χ0) is 14.2. The number of nitrogens with zero attached hydrogens (tertiary/aromatic N) is 2. The number of aromatic nitrogens is 2. The second-order valence-electron chi connectivity index (χ2n) is 4.99. The Balaban J connectivity index is 1.98. The third-order valence-corrected chi connectivity index (χ3v) is 3.36. The summed E-state index contributed by atoms with van der Waals surface area (Å²) in [7, 11) is 1.64. The van der Waals surface area contributed by atoms with Gasteiger partial charge in [0.25, 0.3) is 0 Å². The van der Waals surface area contributed by atoms with Crippen molar-refractivity contribution in [1.29, 1.82) is 0 Å². The normalized spacial score (nSPS) is 18.6. The molecule has 1 aliphatic heterocycles. The maximum absolute atomic E-state index is 5.49. The zero-order valence-corrected chi connectivity index (χ0v) is 12.3. The van der Waals surface area contributed by atoms with E-state index in [1.165, 1.54) is 6.42 Å². The average molecular weight is 280 g/mol. The lowest BCUT2D eigenvalue weighted by molar-refractivity contribution is 0.0594. The van der Waals surface area contributed by atoms with Crippen LogP contribution in [0.15, 0.2) is 6.33 Å². The van der Waals surface area contributed by atoms with Crippen molar-refractivity contribution >= 4 is 11.6 Å². The largest absolute Gasteiger partial charge is 0.490 e. The highest BCUT2D eigenvalue weighted by Crippen LogP contribution is 2.29. The predicted molar refractivity (Wildman–Crippen MR) is 79.4 cm³/mol. The molecule has 2 N–H and O–H groups in total. The van der Waals surface area contributed by atoms with Gasteiger partial charge >= 0.3 is 0 Å². The molecule has 1 aromatic heterocycles. The fraction of sp³-hybridized carbons (Fsp3) is 0.714. The number of methoxy groups -OCH3 is 1. The van der Waals surface area contributed by atoms with E-state index in [2.05, 4.69) is 27.5 Å². The Morgan fingerprint density at radius 1 is 1.35 bits per heavy atom. The summed E-state index contributed by atoms with van der Waals surface area (Å²) in [4.78, 5) is 8.51. The lowest BCUT2D eigenvalue weighted by atomic mass is 10.0. The lowest BCUT2D eigenvalue weighted by Gasteiger charge is -2.23. The Kier molecular flexibility index (Phi) is 5.86. The van der Waals surface area contributed by atoms with Gasteiger partial charge < -0.3 is 20.1 Å². The molecule has 1 unspecified atom stereocenters. The van der Waals surface area contributed by atoms with Crippen LogP contribution in [0.25, 0.3) is 0 Å². The van der Waals surface area contributed by atoms with Crippen LogP contribution in [0.1, 0.15) is 26.2 Å². The Labute approximate surface area is 120 Å². The second kappa shape index (κ2) is 7.89. The van der Waals surface area contributed by atoms with Crippen LogP contribution >= 0.6 is 0 Å². The smallest absolute Gasteiger partial charge is 0.204 e. The third kappa shape index (κ3) is 3.96. The fourth-order valence-electron chi connectivity index (χ4n) is 2.27. The molecule has 1 fully saturated rings. The average Bonchev–Trinajstić information content (AvgIpc) is 2.51. The van der Waals surface area contributed by atoms with Crippen molar-refractivity contribution < 1.29 is 9.47 Å². The minimum absolute atomic E-state index is 0.537. The molecule has 0 aromatic carbocycles. The first-order valence-electron chi connectivity index (χ1n) is 7.29. The summed E-state index contributed by atoms with van der Waals surface area (Å²) in [6, 6.07) is 0. The van der Waals surface area contributed by atoms with Crippen molar-refractivity contribution in [1.82, 2.24) is 9.97 Å². The van der Waals surface area contributed by atoms with Gasteiger partial charge in [-0.3, -0.25) is 0 Å². The van der Waals surface area contributed by atoms with Crippen molar-refractivity contribution in [2.24, 2.45) is 5.92 Å². The summed E-state index contributed by atoms with van der Waals surface area (Å²) in [6.07, 6.45) is 4.92. The monoisotopic (exact) mass is 280 g/mol. The van der Waals surface area contributed by atoms with Crippen LogP contribution in [0, 0.1) is 5.92 Å². The summed E-state index contributed by atoms with van der Waals surface area (Å²) in [5.74, 6) is 2.70. The van der Waals surface area contributed by atoms with Gasteiger partial charge in [0.1, 0.15) is 6.33 Å². The first-order valence-corrected chi connectivity index (χ1v) is 7.29. The van der Waals surface area contributed by atoms with Gasteiger partial charge in [-0.25, -0.2) is 9.97 Å². The first-order chi connectivity index (χ1) is 9.85. The standard InChI is InChI=1S/C14H24N4O2/c1-3-6-15-13-12(19-2)14(18-10-17-13)16-8-11-5-4-7-20-9-11/h10-11H,3-9H2,1-2H3,(H2,15,16,17,18). The highest BCUT2D eigenvalue weighted by Gasteiger charge is 2.16. The molecule has 6 heteroatoms. The van der Waals surface area contributed by atoms with Crippen LogP contribution in [-0.2, 0) is 4.74 Å². The van der Waals surface area contributed by atoms with Crippen molar-refractivity contribution in [3.05, 3.63) is 6.33 Å². The van der Waals surface area contributed by atoms with Gasteiger partial charge in [0.2, 0.25) is 5.75 Å². The van der Waals surface area contributed by atoms with E-state index >= 15 is 0 Å². The van der Waals surface area contributed by atoms with Crippen LogP contribution in [0.5, 0.6) is 5.75 Å². The summed E-state index contributed by atoms with van der Waals surface area (Å²) in [5.41, 5.74) is 0. The molecule has 0 aliphatic carbocycles. The van der Waals surface area contributed by atoms with Gasteiger partial charge in [-0.2, -0.15) is 0 Å². The summed E-state index contributed by atoms with van der Waals surface area (Å²) < 4.78 is 10.9. The molecule has 0 bridgehead atoms. The maximum atomic E-state index is 5.49. The van der Waals surface area contributed by atoms with Gasteiger partial charge in [0.15, 0.2) is 11.6 Å².